The summed E-state index contributed by atoms with van der Waals surface area (Å²) in [7, 11) is 1.33. The predicted molar refractivity (Wildman–Crippen MR) is 149 cm³/mol. The molecule has 0 saturated heterocycles. The molecule has 232 valence electrons. The van der Waals surface area contributed by atoms with E-state index >= 15 is 0 Å². The van der Waals surface area contributed by atoms with Gasteiger partial charge in [0.1, 0.15) is 22.9 Å². The highest BCUT2D eigenvalue weighted by molar-refractivity contribution is 6.22. The van der Waals surface area contributed by atoms with Crippen molar-refractivity contribution in [3.63, 3.8) is 0 Å². The zero-order valence-corrected chi connectivity index (χ0v) is 23.5. The van der Waals surface area contributed by atoms with Crippen molar-refractivity contribution in [3.8, 4) is 5.75 Å². The minimum absolute atomic E-state index is 0.103. The molecule has 0 radical (unpaired) electrons. The normalized spacial score (nSPS) is 16.9. The van der Waals surface area contributed by atoms with Crippen molar-refractivity contribution in [2.24, 2.45) is 4.99 Å². The Hall–Kier alpha value is -4.19. The van der Waals surface area contributed by atoms with Gasteiger partial charge >= 0.3 is 12.4 Å². The number of allylic oxidation sites excluding steroid dienone is 3. The van der Waals surface area contributed by atoms with Crippen LogP contribution in [-0.4, -0.2) is 24.6 Å². The third-order valence-electron chi connectivity index (χ3n) is 6.80. The second-order valence-electron chi connectivity index (χ2n) is 9.77. The number of rotatable bonds is 7. The van der Waals surface area contributed by atoms with Gasteiger partial charge in [0.15, 0.2) is 0 Å². The minimum atomic E-state index is -5.16. The number of para-hydroxylation sites is 1. The summed E-state index contributed by atoms with van der Waals surface area (Å²) in [5, 5.41) is 2.03. The Morgan fingerprint density at radius 2 is 1.68 bits per heavy atom. The molecule has 3 aromatic carbocycles. The molecule has 1 N–H and O–H groups in total. The molecule has 0 saturated carbocycles. The Morgan fingerprint density at radius 3 is 2.36 bits per heavy atom. The van der Waals surface area contributed by atoms with E-state index in [-0.39, 0.29) is 30.0 Å². The van der Waals surface area contributed by atoms with Gasteiger partial charge in [0.2, 0.25) is 0 Å². The first-order valence-electron chi connectivity index (χ1n) is 12.9. The molecule has 2 atom stereocenters. The van der Waals surface area contributed by atoms with Gasteiger partial charge in [-0.15, -0.1) is 11.6 Å². The van der Waals surface area contributed by atoms with Gasteiger partial charge < -0.3 is 10.1 Å². The first-order chi connectivity index (χ1) is 20.6. The number of amides is 1. The summed E-state index contributed by atoms with van der Waals surface area (Å²) in [4.78, 5) is 18.1. The molecule has 1 aliphatic heterocycles. The van der Waals surface area contributed by atoms with Gasteiger partial charge in [-0.05, 0) is 59.7 Å². The highest BCUT2D eigenvalue weighted by Gasteiger charge is 2.43. The number of ether oxygens (including phenoxy) is 1. The Balaban J connectivity index is 2.04. The summed E-state index contributed by atoms with van der Waals surface area (Å²) >= 11 is 6.17. The standard InChI is InChI=1S/C31H23ClF8N2O2/c1-44-26-7-3-2-5-19(26)17-29(27-8-4-6-22(32)11-12-41-27,20-14-21(30(35,36)37)16-23(33)15-20)42-28(43)18-9-10-25(34)24(13-18)31(38,39)40/h2-10,12-16,22H,11,17H2,1H3,(H,42,43)/t22?,29-/m1/s1. The first-order valence-corrected chi connectivity index (χ1v) is 13.3. The maximum absolute atomic E-state index is 14.9. The number of hydrogen-bond donors (Lipinski definition) is 1. The van der Waals surface area contributed by atoms with Gasteiger partial charge in [-0.3, -0.25) is 9.79 Å². The molecule has 0 spiro atoms. The van der Waals surface area contributed by atoms with Crippen LogP contribution < -0.4 is 10.1 Å². The summed E-state index contributed by atoms with van der Waals surface area (Å²) in [6.45, 7) is 0. The highest BCUT2D eigenvalue weighted by Crippen LogP contribution is 2.41. The largest absolute Gasteiger partial charge is 0.496 e. The summed E-state index contributed by atoms with van der Waals surface area (Å²) in [5.41, 5.74) is -6.15. The van der Waals surface area contributed by atoms with E-state index in [1.165, 1.54) is 31.5 Å². The van der Waals surface area contributed by atoms with Crippen molar-refractivity contribution >= 4 is 23.7 Å². The first kappa shape index (κ1) is 32.7. The smallest absolute Gasteiger partial charge is 0.419 e. The molecule has 44 heavy (non-hydrogen) atoms. The van der Waals surface area contributed by atoms with E-state index in [0.717, 1.165) is 12.1 Å². The van der Waals surface area contributed by atoms with Gasteiger partial charge in [0.25, 0.3) is 5.91 Å². The lowest BCUT2D eigenvalue weighted by molar-refractivity contribution is -0.140. The van der Waals surface area contributed by atoms with E-state index in [0.29, 0.717) is 17.7 Å². The lowest BCUT2D eigenvalue weighted by Gasteiger charge is -2.37. The minimum Gasteiger partial charge on any atom is -0.496 e. The Labute approximate surface area is 251 Å². The van der Waals surface area contributed by atoms with Crippen LogP contribution in [0.5, 0.6) is 5.75 Å². The fourth-order valence-electron chi connectivity index (χ4n) is 4.70. The highest BCUT2D eigenvalue weighted by atomic mass is 35.5. The van der Waals surface area contributed by atoms with Crippen LogP contribution in [0, 0.1) is 11.6 Å². The molecule has 0 aromatic heterocycles. The Morgan fingerprint density at radius 1 is 0.977 bits per heavy atom. The number of carbonyl (C=O) groups is 1. The predicted octanol–water partition coefficient (Wildman–Crippen LogP) is 8.40. The number of methoxy groups -OCH3 is 1. The number of halogens is 9. The zero-order valence-electron chi connectivity index (χ0n) is 22.7. The van der Waals surface area contributed by atoms with E-state index in [9.17, 15) is 39.9 Å². The second kappa shape index (κ2) is 12.8. The topological polar surface area (TPSA) is 50.7 Å². The molecule has 1 amide bonds. The number of nitrogens with one attached hydrogen (secondary N) is 1. The summed E-state index contributed by atoms with van der Waals surface area (Å²) in [5.74, 6) is -3.93. The second-order valence-corrected chi connectivity index (χ2v) is 10.3. The third kappa shape index (κ3) is 7.29. The molecule has 13 heteroatoms. The van der Waals surface area contributed by atoms with E-state index in [2.05, 4.69) is 10.3 Å². The lowest BCUT2D eigenvalue weighted by atomic mass is 9.79. The number of nitrogens with zero attached hydrogens (tertiary/aromatic N) is 1. The van der Waals surface area contributed by atoms with Crippen molar-refractivity contribution < 1.29 is 44.7 Å². The van der Waals surface area contributed by atoms with Gasteiger partial charge in [0, 0.05) is 24.6 Å². The van der Waals surface area contributed by atoms with Crippen LogP contribution in [0.3, 0.4) is 0 Å². The number of benzene rings is 3. The SMILES string of the molecule is COc1ccccc1C[C@](NC(=O)c1ccc(F)c(C(F)(F)F)c1)(C1=CC=CC(Cl)CC=N1)c1cc(F)cc(C(F)(F)F)c1. The van der Waals surface area contributed by atoms with E-state index in [1.54, 1.807) is 24.3 Å². The van der Waals surface area contributed by atoms with E-state index in [4.69, 9.17) is 16.3 Å². The zero-order chi connectivity index (χ0) is 32.3. The monoisotopic (exact) mass is 642 g/mol. The number of aliphatic imine (C=N–C) groups is 1. The molecule has 1 aliphatic rings. The lowest BCUT2D eigenvalue weighted by Crippen LogP contribution is -2.49. The summed E-state index contributed by atoms with van der Waals surface area (Å²) in [6.07, 6.45) is -4.74. The van der Waals surface area contributed by atoms with Crippen molar-refractivity contribution in [2.45, 2.75) is 36.1 Å². The molecule has 1 unspecified atom stereocenters. The van der Waals surface area contributed by atoms with Crippen molar-refractivity contribution in [2.75, 3.05) is 7.11 Å². The van der Waals surface area contributed by atoms with Crippen molar-refractivity contribution in [1.82, 2.24) is 5.32 Å². The fraction of sp³-hybridized carbons (Fsp3) is 0.226. The van der Waals surface area contributed by atoms with Gasteiger partial charge in [-0.25, -0.2) is 8.78 Å². The van der Waals surface area contributed by atoms with Gasteiger partial charge in [-0.1, -0.05) is 30.4 Å². The average Bonchev–Trinajstić information content (AvgIpc) is 2.93. The Bertz CT molecular complexity index is 1630. The number of alkyl halides is 7. The maximum atomic E-state index is 14.9. The Kier molecular flexibility index (Phi) is 9.53. The van der Waals surface area contributed by atoms with Crippen LogP contribution in [0.15, 0.2) is 89.6 Å². The maximum Gasteiger partial charge on any atom is 0.419 e. The molecule has 0 fully saturated rings. The molecular weight excluding hydrogens is 620 g/mol. The molecule has 3 aromatic rings. The molecule has 0 bridgehead atoms. The average molecular weight is 643 g/mol. The molecular formula is C31H23ClF8N2O2. The number of carbonyl (C=O) groups excluding carboxylic acids is 1. The van der Waals surface area contributed by atoms with Crippen LogP contribution in [0.2, 0.25) is 0 Å². The van der Waals surface area contributed by atoms with Crippen molar-refractivity contribution in [1.29, 1.82) is 0 Å². The van der Waals surface area contributed by atoms with Gasteiger partial charge in [-0.2, -0.15) is 26.3 Å². The van der Waals surface area contributed by atoms with Crippen LogP contribution in [0.25, 0.3) is 0 Å². The van der Waals surface area contributed by atoms with Gasteiger partial charge in [0.05, 0.1) is 29.3 Å². The summed E-state index contributed by atoms with van der Waals surface area (Å²) in [6, 6.07) is 9.43. The molecule has 0 aliphatic carbocycles. The van der Waals surface area contributed by atoms with Crippen LogP contribution in [0.4, 0.5) is 35.1 Å². The molecule has 4 rings (SSSR count). The van der Waals surface area contributed by atoms with Crippen LogP contribution >= 0.6 is 11.6 Å². The van der Waals surface area contributed by atoms with E-state index < -0.39 is 69.5 Å². The quantitative estimate of drug-likeness (QED) is 0.208. The number of hydrogen-bond acceptors (Lipinski definition) is 3. The van der Waals surface area contributed by atoms with Crippen LogP contribution in [-0.2, 0) is 24.3 Å². The fourth-order valence-corrected chi connectivity index (χ4v) is 4.86. The third-order valence-corrected chi connectivity index (χ3v) is 7.12. The van der Waals surface area contributed by atoms with Crippen LogP contribution in [0.1, 0.15) is 39.0 Å². The summed E-state index contributed by atoms with van der Waals surface area (Å²) < 4.78 is 117. The van der Waals surface area contributed by atoms with E-state index in [1.807, 2.05) is 0 Å². The molecule has 4 nitrogen and oxygen atoms in total. The van der Waals surface area contributed by atoms with Crippen molar-refractivity contribution in [3.05, 3.63) is 124 Å². The molecule has 1 heterocycles.